The van der Waals surface area contributed by atoms with Crippen LogP contribution in [0.15, 0.2) is 0 Å². The van der Waals surface area contributed by atoms with Crippen molar-refractivity contribution in [2.75, 3.05) is 20.8 Å². The molecule has 1 unspecified atom stereocenters. The molecular formula is C5H12O3Si. The predicted molar refractivity (Wildman–Crippen MR) is 35.4 cm³/mol. The van der Waals surface area contributed by atoms with Crippen molar-refractivity contribution in [3.05, 3.63) is 0 Å². The Morgan fingerprint density at radius 2 is 1.89 bits per heavy atom. The summed E-state index contributed by atoms with van der Waals surface area (Å²) in [6.07, 6.45) is 0. The van der Waals surface area contributed by atoms with E-state index in [-0.39, 0.29) is 5.73 Å². The van der Waals surface area contributed by atoms with Crippen LogP contribution in [-0.4, -0.2) is 35.1 Å². The molecule has 0 aromatic carbocycles. The first-order chi connectivity index (χ1) is 4.23. The van der Waals surface area contributed by atoms with Crippen molar-refractivity contribution < 1.29 is 13.6 Å². The van der Waals surface area contributed by atoms with Gasteiger partial charge < -0.3 is 13.6 Å². The average molecular weight is 148 g/mol. The van der Waals surface area contributed by atoms with Gasteiger partial charge in [-0.05, 0) is 6.55 Å². The number of rotatable bonds is 3. The van der Waals surface area contributed by atoms with E-state index in [0.717, 1.165) is 6.61 Å². The predicted octanol–water partition coefficient (Wildman–Crippen LogP) is 0.289. The van der Waals surface area contributed by atoms with Crippen LogP contribution in [0.5, 0.6) is 0 Å². The van der Waals surface area contributed by atoms with Gasteiger partial charge in [0.05, 0.1) is 6.61 Å². The fourth-order valence-electron chi connectivity index (χ4n) is 0.697. The van der Waals surface area contributed by atoms with Crippen molar-refractivity contribution in [3.8, 4) is 0 Å². The largest absolute Gasteiger partial charge is 0.396 e. The maximum absolute atomic E-state index is 5.20. The molecule has 0 saturated carbocycles. The monoisotopic (exact) mass is 148 g/mol. The third-order valence-electron chi connectivity index (χ3n) is 1.73. The molecule has 3 nitrogen and oxygen atoms in total. The molecule has 0 aliphatic carbocycles. The van der Waals surface area contributed by atoms with Crippen LogP contribution in [0.4, 0.5) is 0 Å². The van der Waals surface area contributed by atoms with Gasteiger partial charge in [-0.1, -0.05) is 0 Å². The lowest BCUT2D eigenvalue weighted by Gasteiger charge is -2.19. The number of epoxide rings is 1. The second-order valence-electron chi connectivity index (χ2n) is 2.25. The summed E-state index contributed by atoms with van der Waals surface area (Å²) in [5, 5.41) is 0. The first kappa shape index (κ1) is 7.21. The van der Waals surface area contributed by atoms with Gasteiger partial charge in [-0.15, -0.1) is 0 Å². The molecule has 0 N–H and O–H groups in total. The summed E-state index contributed by atoms with van der Waals surface area (Å²) < 4.78 is 15.5. The molecule has 9 heavy (non-hydrogen) atoms. The molecule has 1 rings (SSSR count). The second-order valence-corrected chi connectivity index (χ2v) is 5.74. The zero-order valence-electron chi connectivity index (χ0n) is 6.01. The van der Waals surface area contributed by atoms with E-state index in [2.05, 4.69) is 0 Å². The van der Waals surface area contributed by atoms with Crippen LogP contribution in [0.2, 0.25) is 6.55 Å². The molecule has 0 bridgehead atoms. The van der Waals surface area contributed by atoms with Crippen LogP contribution in [-0.2, 0) is 13.6 Å². The summed E-state index contributed by atoms with van der Waals surface area (Å²) >= 11 is 0. The normalized spacial score (nSPS) is 26.3. The molecule has 1 fully saturated rings. The van der Waals surface area contributed by atoms with Crippen molar-refractivity contribution in [2.24, 2.45) is 0 Å². The Balaban J connectivity index is 2.43. The lowest BCUT2D eigenvalue weighted by Crippen LogP contribution is -2.43. The fourth-order valence-corrected chi connectivity index (χ4v) is 2.09. The summed E-state index contributed by atoms with van der Waals surface area (Å²) in [5.41, 5.74) is 0.271. The van der Waals surface area contributed by atoms with Crippen molar-refractivity contribution in [3.63, 3.8) is 0 Å². The highest BCUT2D eigenvalue weighted by atomic mass is 28.4. The Labute approximate surface area is 56.2 Å². The zero-order valence-corrected chi connectivity index (χ0v) is 7.01. The van der Waals surface area contributed by atoms with Gasteiger partial charge in [0, 0.05) is 14.2 Å². The Kier molecular flexibility index (Phi) is 1.90. The van der Waals surface area contributed by atoms with E-state index in [1.165, 1.54) is 0 Å². The Morgan fingerprint density at radius 1 is 1.44 bits per heavy atom. The Bertz CT molecular complexity index is 98.4. The number of hydrogen-bond acceptors (Lipinski definition) is 3. The van der Waals surface area contributed by atoms with Crippen molar-refractivity contribution in [2.45, 2.75) is 12.3 Å². The lowest BCUT2D eigenvalue weighted by atomic mass is 11.0. The first-order valence-electron chi connectivity index (χ1n) is 2.95. The van der Waals surface area contributed by atoms with Gasteiger partial charge in [0.2, 0.25) is 0 Å². The highest BCUT2D eigenvalue weighted by Gasteiger charge is 2.48. The molecular weight excluding hydrogens is 136 g/mol. The van der Waals surface area contributed by atoms with Crippen molar-refractivity contribution in [1.29, 1.82) is 0 Å². The van der Waals surface area contributed by atoms with Crippen LogP contribution >= 0.6 is 0 Å². The molecule has 0 aromatic rings. The number of ether oxygens (including phenoxy) is 1. The third kappa shape index (κ3) is 1.32. The molecule has 1 saturated heterocycles. The van der Waals surface area contributed by atoms with Crippen molar-refractivity contribution >= 4 is 8.56 Å². The van der Waals surface area contributed by atoms with Crippen LogP contribution in [0.3, 0.4) is 0 Å². The SMILES string of the molecule is CO[Si](C)(OC)C1CO1. The molecule has 0 spiro atoms. The van der Waals surface area contributed by atoms with E-state index in [4.69, 9.17) is 13.6 Å². The molecule has 0 radical (unpaired) electrons. The van der Waals surface area contributed by atoms with Crippen LogP contribution in [0.25, 0.3) is 0 Å². The van der Waals surface area contributed by atoms with Crippen LogP contribution in [0, 0.1) is 0 Å². The minimum atomic E-state index is -1.89. The van der Waals surface area contributed by atoms with Gasteiger partial charge in [0.25, 0.3) is 0 Å². The minimum absolute atomic E-state index is 0.271. The molecule has 1 atom stereocenters. The minimum Gasteiger partial charge on any atom is -0.396 e. The van der Waals surface area contributed by atoms with E-state index in [0.29, 0.717) is 0 Å². The van der Waals surface area contributed by atoms with E-state index in [1.54, 1.807) is 14.2 Å². The second kappa shape index (κ2) is 2.38. The van der Waals surface area contributed by atoms with Gasteiger partial charge >= 0.3 is 8.56 Å². The smallest absolute Gasteiger partial charge is 0.366 e. The number of hydrogen-bond donors (Lipinski definition) is 0. The topological polar surface area (TPSA) is 31.0 Å². The molecule has 4 heteroatoms. The summed E-state index contributed by atoms with van der Waals surface area (Å²) in [6, 6.07) is 0. The van der Waals surface area contributed by atoms with Gasteiger partial charge in [0.1, 0.15) is 5.73 Å². The molecule has 0 aromatic heterocycles. The zero-order chi connectivity index (χ0) is 6.91. The lowest BCUT2D eigenvalue weighted by molar-refractivity contribution is 0.230. The molecule has 54 valence electrons. The summed E-state index contributed by atoms with van der Waals surface area (Å²) in [4.78, 5) is 0. The molecule has 1 heterocycles. The summed E-state index contributed by atoms with van der Waals surface area (Å²) in [5.74, 6) is 0. The Morgan fingerprint density at radius 3 is 2.00 bits per heavy atom. The highest BCUT2D eigenvalue weighted by Crippen LogP contribution is 2.23. The van der Waals surface area contributed by atoms with Crippen LogP contribution in [0.1, 0.15) is 0 Å². The maximum atomic E-state index is 5.20. The van der Waals surface area contributed by atoms with E-state index in [9.17, 15) is 0 Å². The average Bonchev–Trinajstić information content (AvgIpc) is 2.68. The molecule has 1 aliphatic rings. The first-order valence-corrected chi connectivity index (χ1v) is 5.34. The molecule has 0 amide bonds. The quantitative estimate of drug-likeness (QED) is 0.426. The van der Waals surface area contributed by atoms with Gasteiger partial charge in [-0.3, -0.25) is 0 Å². The van der Waals surface area contributed by atoms with Crippen LogP contribution < -0.4 is 0 Å². The highest BCUT2D eigenvalue weighted by molar-refractivity contribution is 6.68. The third-order valence-corrected chi connectivity index (χ3v) is 4.85. The van der Waals surface area contributed by atoms with Gasteiger partial charge in [0.15, 0.2) is 0 Å². The standard InChI is InChI=1S/C5H12O3Si/c1-6-9(3,7-2)5-4-8-5/h5H,4H2,1-3H3. The summed E-state index contributed by atoms with van der Waals surface area (Å²) in [7, 11) is 1.47. The van der Waals surface area contributed by atoms with Crippen molar-refractivity contribution in [1.82, 2.24) is 0 Å². The fraction of sp³-hybridized carbons (Fsp3) is 1.00. The van der Waals surface area contributed by atoms with E-state index < -0.39 is 8.56 Å². The van der Waals surface area contributed by atoms with Gasteiger partial charge in [-0.25, -0.2) is 0 Å². The molecule has 1 aliphatic heterocycles. The Hall–Kier alpha value is 0.0969. The van der Waals surface area contributed by atoms with E-state index in [1.807, 2.05) is 6.55 Å². The maximum Gasteiger partial charge on any atom is 0.366 e. The summed E-state index contributed by atoms with van der Waals surface area (Å²) in [6.45, 7) is 2.81. The van der Waals surface area contributed by atoms with Gasteiger partial charge in [-0.2, -0.15) is 0 Å². The van der Waals surface area contributed by atoms with E-state index >= 15 is 0 Å².